The maximum absolute atomic E-state index is 5.89. The van der Waals surface area contributed by atoms with E-state index in [0.29, 0.717) is 5.25 Å². The van der Waals surface area contributed by atoms with Crippen LogP contribution in [0.25, 0.3) is 5.57 Å². The molecule has 1 aliphatic heterocycles. The van der Waals surface area contributed by atoms with Crippen molar-refractivity contribution in [2.75, 3.05) is 0 Å². The fraction of sp³-hybridized carbons (Fsp3) is 0.200. The Morgan fingerprint density at radius 1 is 1.50 bits per heavy atom. The van der Waals surface area contributed by atoms with E-state index in [4.69, 9.17) is 11.6 Å². The highest BCUT2D eigenvalue weighted by Gasteiger charge is 2.22. The molecule has 0 spiro atoms. The molecule has 0 saturated carbocycles. The Balaban J connectivity index is 2.56. The van der Waals surface area contributed by atoms with Crippen LogP contribution < -0.4 is 0 Å². The van der Waals surface area contributed by atoms with Crippen LogP contribution in [0.15, 0.2) is 29.7 Å². The lowest BCUT2D eigenvalue weighted by molar-refractivity contribution is 1.29. The average molecular weight is 197 g/mol. The SMILES string of the molecule is C=C1c2cc(Cl)ccc2SC1C. The molecule has 1 aromatic rings. The molecule has 0 saturated heterocycles. The first-order valence-corrected chi connectivity index (χ1v) is 5.09. The van der Waals surface area contributed by atoms with Crippen molar-refractivity contribution in [2.45, 2.75) is 17.1 Å². The van der Waals surface area contributed by atoms with E-state index >= 15 is 0 Å². The van der Waals surface area contributed by atoms with Gasteiger partial charge in [0.05, 0.1) is 0 Å². The summed E-state index contributed by atoms with van der Waals surface area (Å²) in [5.41, 5.74) is 2.41. The van der Waals surface area contributed by atoms with Crippen LogP contribution in [0, 0.1) is 0 Å². The van der Waals surface area contributed by atoms with Gasteiger partial charge in [-0.05, 0) is 36.3 Å². The molecule has 1 heterocycles. The van der Waals surface area contributed by atoms with Crippen molar-refractivity contribution >= 4 is 28.9 Å². The molecule has 12 heavy (non-hydrogen) atoms. The number of hydrogen-bond acceptors (Lipinski definition) is 1. The highest BCUT2D eigenvalue weighted by Crippen LogP contribution is 2.44. The third-order valence-corrected chi connectivity index (χ3v) is 3.57. The molecule has 1 atom stereocenters. The van der Waals surface area contributed by atoms with Crippen LogP contribution in [0.4, 0.5) is 0 Å². The van der Waals surface area contributed by atoms with E-state index in [1.807, 2.05) is 23.9 Å². The van der Waals surface area contributed by atoms with Crippen LogP contribution in [0.5, 0.6) is 0 Å². The minimum atomic E-state index is 0.499. The first-order valence-electron chi connectivity index (χ1n) is 3.84. The first kappa shape index (κ1) is 8.21. The quantitative estimate of drug-likeness (QED) is 0.608. The van der Waals surface area contributed by atoms with Gasteiger partial charge < -0.3 is 0 Å². The number of rotatable bonds is 0. The molecule has 2 heteroatoms. The number of thioether (sulfide) groups is 1. The lowest BCUT2D eigenvalue weighted by atomic mass is 10.1. The van der Waals surface area contributed by atoms with Gasteiger partial charge in [0.25, 0.3) is 0 Å². The smallest absolute Gasteiger partial charge is 0.0412 e. The summed E-state index contributed by atoms with van der Waals surface area (Å²) in [6.07, 6.45) is 0. The van der Waals surface area contributed by atoms with E-state index in [0.717, 1.165) is 5.02 Å². The van der Waals surface area contributed by atoms with E-state index in [-0.39, 0.29) is 0 Å². The van der Waals surface area contributed by atoms with Gasteiger partial charge in [0.15, 0.2) is 0 Å². The van der Waals surface area contributed by atoms with Gasteiger partial charge in [-0.25, -0.2) is 0 Å². The Morgan fingerprint density at radius 3 is 3.00 bits per heavy atom. The predicted octanol–water partition coefficient (Wildman–Crippen LogP) is 3.85. The summed E-state index contributed by atoms with van der Waals surface area (Å²) in [5, 5.41) is 1.29. The monoisotopic (exact) mass is 196 g/mol. The van der Waals surface area contributed by atoms with Crippen molar-refractivity contribution in [3.05, 3.63) is 35.4 Å². The van der Waals surface area contributed by atoms with E-state index in [1.54, 1.807) is 0 Å². The number of halogens is 1. The van der Waals surface area contributed by atoms with Gasteiger partial charge in [0.2, 0.25) is 0 Å². The van der Waals surface area contributed by atoms with Crippen LogP contribution in [-0.2, 0) is 0 Å². The molecule has 0 fully saturated rings. The zero-order chi connectivity index (χ0) is 8.72. The molecule has 0 aromatic heterocycles. The van der Waals surface area contributed by atoms with E-state index in [9.17, 15) is 0 Å². The van der Waals surface area contributed by atoms with Crippen molar-refractivity contribution in [1.29, 1.82) is 0 Å². The van der Waals surface area contributed by atoms with Crippen molar-refractivity contribution in [1.82, 2.24) is 0 Å². The second-order valence-electron chi connectivity index (χ2n) is 2.93. The summed E-state index contributed by atoms with van der Waals surface area (Å²) in [6.45, 7) is 6.21. The molecule has 1 unspecified atom stereocenters. The largest absolute Gasteiger partial charge is 0.118 e. The van der Waals surface area contributed by atoms with E-state index in [2.05, 4.69) is 19.6 Å². The molecule has 0 radical (unpaired) electrons. The van der Waals surface area contributed by atoms with Gasteiger partial charge in [-0.3, -0.25) is 0 Å². The maximum atomic E-state index is 5.89. The van der Waals surface area contributed by atoms with Crippen molar-refractivity contribution < 1.29 is 0 Å². The lowest BCUT2D eigenvalue weighted by Crippen LogP contribution is -1.88. The first-order chi connectivity index (χ1) is 5.68. The Hall–Kier alpha value is -0.400. The van der Waals surface area contributed by atoms with Crippen LogP contribution >= 0.6 is 23.4 Å². The molecule has 1 aromatic carbocycles. The number of hydrogen-bond donors (Lipinski definition) is 0. The maximum Gasteiger partial charge on any atom is 0.0412 e. The zero-order valence-corrected chi connectivity index (χ0v) is 8.38. The van der Waals surface area contributed by atoms with E-state index < -0.39 is 0 Å². The van der Waals surface area contributed by atoms with E-state index in [1.165, 1.54) is 16.0 Å². The zero-order valence-electron chi connectivity index (χ0n) is 6.80. The summed E-state index contributed by atoms with van der Waals surface area (Å²) in [5.74, 6) is 0. The molecule has 0 aliphatic carbocycles. The molecule has 0 bridgehead atoms. The highest BCUT2D eigenvalue weighted by molar-refractivity contribution is 8.00. The average Bonchev–Trinajstić information content (AvgIpc) is 2.31. The Bertz CT molecular complexity index is 344. The van der Waals surface area contributed by atoms with Crippen molar-refractivity contribution in [2.24, 2.45) is 0 Å². The summed E-state index contributed by atoms with van der Waals surface area (Å²) in [7, 11) is 0. The third-order valence-electron chi connectivity index (χ3n) is 2.08. The summed E-state index contributed by atoms with van der Waals surface area (Å²) < 4.78 is 0. The molecular formula is C10H9ClS. The van der Waals surface area contributed by atoms with Gasteiger partial charge in [-0.15, -0.1) is 11.8 Å². The summed E-state index contributed by atoms with van der Waals surface area (Å²) in [6, 6.07) is 5.99. The van der Waals surface area contributed by atoms with Gasteiger partial charge in [0, 0.05) is 15.2 Å². The molecule has 0 nitrogen and oxygen atoms in total. The Kier molecular flexibility index (Phi) is 1.93. The molecule has 0 amide bonds. The summed E-state index contributed by atoms with van der Waals surface area (Å²) >= 11 is 7.74. The van der Waals surface area contributed by atoms with Crippen LogP contribution in [-0.4, -0.2) is 5.25 Å². The van der Waals surface area contributed by atoms with Gasteiger partial charge in [-0.1, -0.05) is 18.2 Å². The minimum absolute atomic E-state index is 0.499. The van der Waals surface area contributed by atoms with Crippen molar-refractivity contribution in [3.63, 3.8) is 0 Å². The van der Waals surface area contributed by atoms with Gasteiger partial charge in [0.1, 0.15) is 0 Å². The fourth-order valence-corrected chi connectivity index (χ4v) is 2.62. The standard InChI is InChI=1S/C10H9ClS/c1-6-7(2)12-10-4-3-8(11)5-9(6)10/h3-5,7H,1H2,2H3. The second kappa shape index (κ2) is 2.82. The molecule has 2 rings (SSSR count). The molecule has 0 N–H and O–H groups in total. The molecule has 62 valence electrons. The minimum Gasteiger partial charge on any atom is -0.118 e. The van der Waals surface area contributed by atoms with Crippen molar-refractivity contribution in [3.8, 4) is 0 Å². The molecule has 1 aliphatic rings. The second-order valence-corrected chi connectivity index (χ2v) is 4.74. The predicted molar refractivity (Wildman–Crippen MR) is 55.8 cm³/mol. The van der Waals surface area contributed by atoms with Crippen LogP contribution in [0.3, 0.4) is 0 Å². The van der Waals surface area contributed by atoms with Gasteiger partial charge >= 0.3 is 0 Å². The topological polar surface area (TPSA) is 0 Å². The van der Waals surface area contributed by atoms with Crippen LogP contribution in [0.2, 0.25) is 5.02 Å². The van der Waals surface area contributed by atoms with Crippen LogP contribution in [0.1, 0.15) is 12.5 Å². The highest BCUT2D eigenvalue weighted by atomic mass is 35.5. The normalized spacial score (nSPS) is 21.2. The third kappa shape index (κ3) is 1.17. The number of fused-ring (bicyclic) bond motifs is 1. The fourth-order valence-electron chi connectivity index (χ4n) is 1.34. The summed E-state index contributed by atoms with van der Waals surface area (Å²) in [4.78, 5) is 1.30. The number of benzene rings is 1. The molecular weight excluding hydrogens is 188 g/mol. The lowest BCUT2D eigenvalue weighted by Gasteiger charge is -2.00. The Labute approximate surface area is 81.6 Å². The Morgan fingerprint density at radius 2 is 2.25 bits per heavy atom. The van der Waals surface area contributed by atoms with Gasteiger partial charge in [-0.2, -0.15) is 0 Å².